The first-order chi connectivity index (χ1) is 10.6. The highest BCUT2D eigenvalue weighted by Gasteiger charge is 2.22. The molecule has 5 nitrogen and oxygen atoms in total. The van der Waals surface area contributed by atoms with Gasteiger partial charge in [0.15, 0.2) is 11.2 Å². The van der Waals surface area contributed by atoms with Gasteiger partial charge in [0.25, 0.3) is 5.52 Å². The third-order valence-electron chi connectivity index (χ3n) is 3.67. The number of H-pyrrole nitrogens is 1. The van der Waals surface area contributed by atoms with Crippen molar-refractivity contribution in [2.45, 2.75) is 6.92 Å². The van der Waals surface area contributed by atoms with Crippen molar-refractivity contribution in [3.63, 3.8) is 0 Å². The molecular formula is C16H12FN4O+. The van der Waals surface area contributed by atoms with Gasteiger partial charge in [-0.1, -0.05) is 22.0 Å². The van der Waals surface area contributed by atoms with Crippen LogP contribution in [-0.2, 0) is 0 Å². The highest BCUT2D eigenvalue weighted by atomic mass is 19.1. The minimum absolute atomic E-state index is 0.220. The van der Waals surface area contributed by atoms with E-state index in [1.807, 2.05) is 24.3 Å². The van der Waals surface area contributed by atoms with Crippen molar-refractivity contribution in [2.24, 2.45) is 0 Å². The second kappa shape index (κ2) is 4.49. The lowest BCUT2D eigenvalue weighted by atomic mass is 10.2. The number of aromatic nitrogens is 4. The molecule has 2 aromatic carbocycles. The molecule has 0 fully saturated rings. The predicted molar refractivity (Wildman–Crippen MR) is 79.5 cm³/mol. The van der Waals surface area contributed by atoms with Crippen LogP contribution < -0.4 is 10.1 Å². The quantitative estimate of drug-likeness (QED) is 0.545. The molecule has 0 aliphatic heterocycles. The Balaban J connectivity index is 2.12. The summed E-state index contributed by atoms with van der Waals surface area (Å²) in [7, 11) is 0. The van der Waals surface area contributed by atoms with E-state index in [4.69, 9.17) is 0 Å². The van der Waals surface area contributed by atoms with E-state index in [1.54, 1.807) is 23.6 Å². The van der Waals surface area contributed by atoms with Crippen LogP contribution in [0.25, 0.3) is 22.2 Å². The Morgan fingerprint density at radius 1 is 1.14 bits per heavy atom. The number of para-hydroxylation sites is 2. The standard InChI is InChI=1S/C16H11FN4O/c1-10-15-16(22)20(12-8-6-11(17)7-9-12)19-21(15)14-5-3-2-4-13(14)18-10/h2-9H,1H3/p+1. The summed E-state index contributed by atoms with van der Waals surface area (Å²) in [5, 5.41) is 3.04. The molecule has 108 valence electrons. The SMILES string of the molecule is Cc1nc2ccccc2[n+]2[nH]n(-c3ccc(F)cc3)c(=O)c12. The number of rotatable bonds is 1. The Morgan fingerprint density at radius 3 is 2.64 bits per heavy atom. The van der Waals surface area contributed by atoms with E-state index in [9.17, 15) is 9.18 Å². The third-order valence-corrected chi connectivity index (χ3v) is 3.67. The number of halogens is 1. The van der Waals surface area contributed by atoms with E-state index in [0.29, 0.717) is 16.9 Å². The van der Waals surface area contributed by atoms with Crippen molar-refractivity contribution in [2.75, 3.05) is 0 Å². The monoisotopic (exact) mass is 295 g/mol. The van der Waals surface area contributed by atoms with Gasteiger partial charge >= 0.3 is 5.56 Å². The van der Waals surface area contributed by atoms with Gasteiger partial charge in [-0.15, -0.1) is 4.52 Å². The van der Waals surface area contributed by atoms with Gasteiger partial charge in [0.2, 0.25) is 0 Å². The number of aromatic amines is 1. The summed E-state index contributed by atoms with van der Waals surface area (Å²) in [6.45, 7) is 1.80. The molecule has 4 aromatic rings. The lowest BCUT2D eigenvalue weighted by molar-refractivity contribution is -0.556. The highest BCUT2D eigenvalue weighted by molar-refractivity contribution is 5.72. The van der Waals surface area contributed by atoms with Crippen molar-refractivity contribution in [1.29, 1.82) is 0 Å². The van der Waals surface area contributed by atoms with Crippen LogP contribution in [0.1, 0.15) is 5.69 Å². The Kier molecular flexibility index (Phi) is 2.59. The first-order valence-corrected chi connectivity index (χ1v) is 6.83. The van der Waals surface area contributed by atoms with Crippen LogP contribution in [0.3, 0.4) is 0 Å². The normalized spacial score (nSPS) is 11.4. The van der Waals surface area contributed by atoms with Crippen LogP contribution in [-0.4, -0.2) is 14.9 Å². The van der Waals surface area contributed by atoms with E-state index in [2.05, 4.69) is 10.2 Å². The third kappa shape index (κ3) is 1.74. The number of hydrogen-bond donors (Lipinski definition) is 1. The van der Waals surface area contributed by atoms with Gasteiger partial charge in [0, 0.05) is 0 Å². The lowest BCUT2D eigenvalue weighted by Crippen LogP contribution is -2.27. The van der Waals surface area contributed by atoms with Crippen LogP contribution in [0.15, 0.2) is 53.3 Å². The Hall–Kier alpha value is -3.02. The predicted octanol–water partition coefficient (Wildman–Crippen LogP) is 1.90. The molecule has 2 aromatic heterocycles. The van der Waals surface area contributed by atoms with Crippen molar-refractivity contribution in [3.8, 4) is 5.69 Å². The molecule has 0 bridgehead atoms. The molecule has 22 heavy (non-hydrogen) atoms. The van der Waals surface area contributed by atoms with Crippen molar-refractivity contribution in [1.82, 2.24) is 14.9 Å². The number of aryl methyl sites for hydroxylation is 1. The van der Waals surface area contributed by atoms with Gasteiger partial charge in [-0.25, -0.2) is 14.2 Å². The van der Waals surface area contributed by atoms with Gasteiger partial charge in [-0.3, -0.25) is 0 Å². The summed E-state index contributed by atoms with van der Waals surface area (Å²) in [6.07, 6.45) is 0. The van der Waals surface area contributed by atoms with Gasteiger partial charge in [-0.05, 0) is 43.3 Å². The summed E-state index contributed by atoms with van der Waals surface area (Å²) in [4.78, 5) is 17.1. The van der Waals surface area contributed by atoms with Crippen LogP contribution in [0.2, 0.25) is 0 Å². The molecular weight excluding hydrogens is 283 g/mol. The molecule has 0 spiro atoms. The fourth-order valence-electron chi connectivity index (χ4n) is 2.63. The lowest BCUT2D eigenvalue weighted by Gasteiger charge is -1.96. The molecule has 0 saturated heterocycles. The number of nitrogens with zero attached hydrogens (tertiary/aromatic N) is 3. The van der Waals surface area contributed by atoms with E-state index < -0.39 is 0 Å². The molecule has 0 unspecified atom stereocenters. The maximum absolute atomic E-state index is 13.1. The zero-order valence-corrected chi connectivity index (χ0v) is 11.7. The average Bonchev–Trinajstić information content (AvgIpc) is 2.87. The Bertz CT molecular complexity index is 1060. The summed E-state index contributed by atoms with van der Waals surface area (Å²) in [5.74, 6) is -0.344. The van der Waals surface area contributed by atoms with Crippen molar-refractivity contribution in [3.05, 3.63) is 70.4 Å². The molecule has 0 saturated carbocycles. The minimum atomic E-state index is -0.344. The molecule has 0 atom stereocenters. The number of hydrogen-bond acceptors (Lipinski definition) is 2. The smallest absolute Gasteiger partial charge is 0.244 e. The number of benzene rings is 2. The Labute approximate surface area is 124 Å². The van der Waals surface area contributed by atoms with Crippen LogP contribution >= 0.6 is 0 Å². The molecule has 0 amide bonds. The van der Waals surface area contributed by atoms with E-state index in [-0.39, 0.29) is 11.4 Å². The van der Waals surface area contributed by atoms with Crippen LogP contribution in [0.5, 0.6) is 0 Å². The van der Waals surface area contributed by atoms with Crippen LogP contribution in [0.4, 0.5) is 4.39 Å². The topological polar surface area (TPSA) is 54.8 Å². The summed E-state index contributed by atoms with van der Waals surface area (Å²) in [5.41, 5.74) is 3.07. The zero-order chi connectivity index (χ0) is 15.3. The highest BCUT2D eigenvalue weighted by Crippen LogP contribution is 2.11. The van der Waals surface area contributed by atoms with Gasteiger partial charge in [0.05, 0.1) is 5.69 Å². The fraction of sp³-hybridized carbons (Fsp3) is 0.0625. The number of nitrogens with one attached hydrogen (secondary N) is 1. The largest absolute Gasteiger partial charge is 0.408 e. The number of fused-ring (bicyclic) bond motifs is 3. The molecule has 6 heteroatoms. The Morgan fingerprint density at radius 2 is 1.86 bits per heavy atom. The summed E-state index contributed by atoms with van der Waals surface area (Å²) in [6, 6.07) is 13.3. The first kappa shape index (κ1) is 12.7. The second-order valence-electron chi connectivity index (χ2n) is 5.09. The van der Waals surface area contributed by atoms with E-state index >= 15 is 0 Å². The average molecular weight is 295 g/mol. The summed E-state index contributed by atoms with van der Waals surface area (Å²) < 4.78 is 16.2. The molecule has 4 rings (SSSR count). The first-order valence-electron chi connectivity index (χ1n) is 6.83. The molecule has 1 N–H and O–H groups in total. The fourth-order valence-corrected chi connectivity index (χ4v) is 2.63. The molecule has 0 aliphatic rings. The van der Waals surface area contributed by atoms with Gasteiger partial charge in [0.1, 0.15) is 11.3 Å². The van der Waals surface area contributed by atoms with Gasteiger partial charge < -0.3 is 0 Å². The molecule has 0 radical (unpaired) electrons. The van der Waals surface area contributed by atoms with Crippen molar-refractivity contribution < 1.29 is 8.91 Å². The maximum atomic E-state index is 13.1. The van der Waals surface area contributed by atoms with Gasteiger partial charge in [-0.2, -0.15) is 0 Å². The maximum Gasteiger partial charge on any atom is 0.408 e. The molecule has 2 heterocycles. The van der Waals surface area contributed by atoms with Crippen molar-refractivity contribution >= 4 is 16.6 Å². The zero-order valence-electron chi connectivity index (χ0n) is 11.7. The minimum Gasteiger partial charge on any atom is -0.244 e. The van der Waals surface area contributed by atoms with E-state index in [0.717, 1.165) is 11.0 Å². The van der Waals surface area contributed by atoms with Crippen LogP contribution in [0, 0.1) is 12.7 Å². The van der Waals surface area contributed by atoms with E-state index in [1.165, 1.54) is 16.8 Å². The summed E-state index contributed by atoms with van der Waals surface area (Å²) >= 11 is 0. The molecule has 0 aliphatic carbocycles. The second-order valence-corrected chi connectivity index (χ2v) is 5.09.